The lowest BCUT2D eigenvalue weighted by Crippen LogP contribution is -2.35. The van der Waals surface area contributed by atoms with E-state index in [4.69, 9.17) is 9.15 Å². The zero-order valence-corrected chi connectivity index (χ0v) is 17.7. The molecular formula is C25H26N2O4. The monoisotopic (exact) mass is 418 g/mol. The number of carbonyl (C=O) groups excluding carboxylic acids is 2. The van der Waals surface area contributed by atoms with Gasteiger partial charge in [0.2, 0.25) is 0 Å². The van der Waals surface area contributed by atoms with Gasteiger partial charge in [-0.3, -0.25) is 9.59 Å². The molecule has 0 fully saturated rings. The summed E-state index contributed by atoms with van der Waals surface area (Å²) in [5, 5.41) is 5.59. The maximum Gasteiger partial charge on any atom is 0.267 e. The molecule has 0 aliphatic carbocycles. The number of carbonyl (C=O) groups is 2. The Labute approximate surface area is 181 Å². The van der Waals surface area contributed by atoms with Gasteiger partial charge in [0.1, 0.15) is 17.2 Å². The first-order valence-electron chi connectivity index (χ1n) is 10.1. The molecule has 0 radical (unpaired) electrons. The van der Waals surface area contributed by atoms with E-state index in [2.05, 4.69) is 10.6 Å². The lowest BCUT2D eigenvalue weighted by atomic mass is 10.1. The summed E-state index contributed by atoms with van der Waals surface area (Å²) in [5.41, 5.74) is 2.64. The molecule has 0 spiro atoms. The molecule has 31 heavy (non-hydrogen) atoms. The van der Waals surface area contributed by atoms with Crippen molar-refractivity contribution in [1.82, 2.24) is 10.6 Å². The van der Waals surface area contributed by atoms with E-state index in [-0.39, 0.29) is 17.5 Å². The number of aryl methyl sites for hydroxylation is 2. The molecule has 3 rings (SSSR count). The third kappa shape index (κ3) is 6.34. The van der Waals surface area contributed by atoms with Crippen molar-refractivity contribution in [2.75, 3.05) is 13.7 Å². The van der Waals surface area contributed by atoms with Crippen LogP contribution < -0.4 is 15.4 Å². The fourth-order valence-electron chi connectivity index (χ4n) is 3.07. The van der Waals surface area contributed by atoms with Crippen molar-refractivity contribution in [3.63, 3.8) is 0 Å². The highest BCUT2D eigenvalue weighted by molar-refractivity contribution is 6.05. The first kappa shape index (κ1) is 21.9. The Kier molecular flexibility index (Phi) is 7.65. The number of hydrogen-bond acceptors (Lipinski definition) is 4. The maximum absolute atomic E-state index is 12.8. The van der Waals surface area contributed by atoms with Crippen LogP contribution in [0, 0.1) is 6.92 Å². The SMILES string of the molecule is COc1ccc(CCCNC(=O)/C(=C/c2ccco2)NC(=O)c2ccccc2C)cc1. The molecule has 6 heteroatoms. The van der Waals surface area contributed by atoms with E-state index in [1.807, 2.05) is 43.3 Å². The molecule has 0 unspecified atom stereocenters. The number of nitrogens with one attached hydrogen (secondary N) is 2. The standard InChI is InChI=1S/C25H26N2O4/c1-18-7-3-4-10-22(18)24(28)27-23(17-21-9-6-16-31-21)25(29)26-15-5-8-19-11-13-20(30-2)14-12-19/h3-4,6-7,9-14,16-17H,5,8,15H2,1-2H3,(H,26,29)(H,27,28)/b23-17-. The van der Waals surface area contributed by atoms with E-state index in [1.54, 1.807) is 31.4 Å². The number of rotatable bonds is 9. The molecule has 0 aliphatic heterocycles. The smallest absolute Gasteiger partial charge is 0.267 e. The minimum absolute atomic E-state index is 0.132. The molecule has 0 aliphatic rings. The van der Waals surface area contributed by atoms with E-state index in [0.29, 0.717) is 17.9 Å². The summed E-state index contributed by atoms with van der Waals surface area (Å²) in [7, 11) is 1.64. The number of furan rings is 1. The van der Waals surface area contributed by atoms with Gasteiger partial charge >= 0.3 is 0 Å². The van der Waals surface area contributed by atoms with Gasteiger partial charge in [-0.25, -0.2) is 0 Å². The third-order valence-electron chi connectivity index (χ3n) is 4.80. The summed E-state index contributed by atoms with van der Waals surface area (Å²) in [4.78, 5) is 25.5. The molecule has 2 amide bonds. The molecule has 1 heterocycles. The highest BCUT2D eigenvalue weighted by Crippen LogP contribution is 2.13. The minimum Gasteiger partial charge on any atom is -0.497 e. The van der Waals surface area contributed by atoms with E-state index >= 15 is 0 Å². The Hall–Kier alpha value is -3.80. The van der Waals surface area contributed by atoms with Crippen molar-refractivity contribution in [2.45, 2.75) is 19.8 Å². The second-order valence-corrected chi connectivity index (χ2v) is 7.05. The Morgan fingerprint density at radius 2 is 1.81 bits per heavy atom. The molecule has 3 aromatic rings. The van der Waals surface area contributed by atoms with Gasteiger partial charge in [0.15, 0.2) is 0 Å². The normalized spacial score (nSPS) is 11.1. The molecule has 0 bridgehead atoms. The largest absolute Gasteiger partial charge is 0.497 e. The Morgan fingerprint density at radius 3 is 2.48 bits per heavy atom. The number of benzene rings is 2. The van der Waals surface area contributed by atoms with Crippen LogP contribution in [-0.4, -0.2) is 25.5 Å². The lowest BCUT2D eigenvalue weighted by Gasteiger charge is -2.12. The van der Waals surface area contributed by atoms with Crippen molar-refractivity contribution >= 4 is 17.9 Å². The van der Waals surface area contributed by atoms with Crippen LogP contribution in [-0.2, 0) is 11.2 Å². The zero-order valence-electron chi connectivity index (χ0n) is 17.7. The van der Waals surface area contributed by atoms with Crippen molar-refractivity contribution < 1.29 is 18.7 Å². The van der Waals surface area contributed by atoms with E-state index < -0.39 is 0 Å². The summed E-state index contributed by atoms with van der Waals surface area (Å²) < 4.78 is 10.5. The second kappa shape index (κ2) is 10.8. The van der Waals surface area contributed by atoms with Gasteiger partial charge in [0, 0.05) is 18.2 Å². The van der Waals surface area contributed by atoms with Crippen molar-refractivity contribution in [2.24, 2.45) is 0 Å². The van der Waals surface area contributed by atoms with Crippen LogP contribution in [0.2, 0.25) is 0 Å². The summed E-state index contributed by atoms with van der Waals surface area (Å²) in [6, 6.07) is 18.5. The van der Waals surface area contributed by atoms with E-state index in [9.17, 15) is 9.59 Å². The van der Waals surface area contributed by atoms with Gasteiger partial charge in [-0.2, -0.15) is 0 Å². The lowest BCUT2D eigenvalue weighted by molar-refractivity contribution is -0.117. The maximum atomic E-state index is 12.8. The average molecular weight is 418 g/mol. The topological polar surface area (TPSA) is 80.6 Å². The van der Waals surface area contributed by atoms with E-state index in [0.717, 1.165) is 29.7 Å². The molecule has 2 aromatic carbocycles. The van der Waals surface area contributed by atoms with Crippen molar-refractivity contribution in [1.29, 1.82) is 0 Å². The van der Waals surface area contributed by atoms with Crippen molar-refractivity contribution in [3.05, 3.63) is 95.1 Å². The summed E-state index contributed by atoms with van der Waals surface area (Å²) >= 11 is 0. The first-order chi connectivity index (χ1) is 15.1. The second-order valence-electron chi connectivity index (χ2n) is 7.05. The predicted molar refractivity (Wildman–Crippen MR) is 120 cm³/mol. The molecule has 0 saturated carbocycles. The number of amides is 2. The molecule has 1 aromatic heterocycles. The number of hydrogen-bond donors (Lipinski definition) is 2. The van der Waals surface area contributed by atoms with Crippen LogP contribution in [0.1, 0.15) is 33.7 Å². The fourth-order valence-corrected chi connectivity index (χ4v) is 3.07. The predicted octanol–water partition coefficient (Wildman–Crippen LogP) is 4.12. The molecule has 2 N–H and O–H groups in total. The molecule has 0 saturated heterocycles. The van der Waals surface area contributed by atoms with Gasteiger partial charge in [-0.1, -0.05) is 30.3 Å². The Bertz CT molecular complexity index is 1040. The average Bonchev–Trinajstić information content (AvgIpc) is 3.30. The number of methoxy groups -OCH3 is 1. The van der Waals surface area contributed by atoms with Gasteiger partial charge in [0.25, 0.3) is 11.8 Å². The summed E-state index contributed by atoms with van der Waals surface area (Å²) in [5.74, 6) is 0.583. The highest BCUT2D eigenvalue weighted by Gasteiger charge is 2.16. The van der Waals surface area contributed by atoms with Gasteiger partial charge in [0.05, 0.1) is 13.4 Å². The van der Waals surface area contributed by atoms with Crippen LogP contribution in [0.15, 0.2) is 77.0 Å². The third-order valence-corrected chi connectivity index (χ3v) is 4.80. The van der Waals surface area contributed by atoms with Crippen molar-refractivity contribution in [3.8, 4) is 5.75 Å². The van der Waals surface area contributed by atoms with Crippen LogP contribution in [0.3, 0.4) is 0 Å². The fraction of sp³-hybridized carbons (Fsp3) is 0.200. The zero-order chi connectivity index (χ0) is 22.1. The van der Waals surface area contributed by atoms with Crippen LogP contribution in [0.25, 0.3) is 6.08 Å². The first-order valence-corrected chi connectivity index (χ1v) is 10.1. The molecular weight excluding hydrogens is 392 g/mol. The minimum atomic E-state index is -0.368. The van der Waals surface area contributed by atoms with Gasteiger partial charge in [-0.15, -0.1) is 0 Å². The molecule has 160 valence electrons. The van der Waals surface area contributed by atoms with Gasteiger partial charge < -0.3 is 19.8 Å². The van der Waals surface area contributed by atoms with E-state index in [1.165, 1.54) is 12.3 Å². The molecule has 0 atom stereocenters. The Balaban J connectivity index is 1.61. The van der Waals surface area contributed by atoms with Gasteiger partial charge in [-0.05, 0) is 61.2 Å². The quantitative estimate of drug-likeness (QED) is 0.405. The highest BCUT2D eigenvalue weighted by atomic mass is 16.5. The summed E-state index contributed by atoms with van der Waals surface area (Å²) in [6.07, 6.45) is 4.61. The number of ether oxygens (including phenoxy) is 1. The van der Waals surface area contributed by atoms with Crippen LogP contribution in [0.5, 0.6) is 5.75 Å². The summed E-state index contributed by atoms with van der Waals surface area (Å²) in [6.45, 7) is 2.32. The molecule has 6 nitrogen and oxygen atoms in total. The van der Waals surface area contributed by atoms with Crippen LogP contribution in [0.4, 0.5) is 0 Å². The van der Waals surface area contributed by atoms with Crippen LogP contribution >= 0.6 is 0 Å². The Morgan fingerprint density at radius 1 is 1.03 bits per heavy atom.